The minimum Gasteiger partial charge on any atom is -0.497 e. The van der Waals surface area contributed by atoms with Crippen molar-refractivity contribution in [3.05, 3.63) is 48.0 Å². The largest absolute Gasteiger partial charge is 0.497 e. The molecule has 0 saturated carbocycles. The van der Waals surface area contributed by atoms with Gasteiger partial charge in [0.15, 0.2) is 15.8 Å². The van der Waals surface area contributed by atoms with Gasteiger partial charge in [0.2, 0.25) is 0 Å². The van der Waals surface area contributed by atoms with E-state index in [1.165, 1.54) is 0 Å². The van der Waals surface area contributed by atoms with E-state index in [9.17, 15) is 8.42 Å². The Bertz CT molecular complexity index is 941. The van der Waals surface area contributed by atoms with Gasteiger partial charge in [0, 0.05) is 12.0 Å². The van der Waals surface area contributed by atoms with Crippen molar-refractivity contribution in [2.75, 3.05) is 31.8 Å². The number of nitrogens with zero attached hydrogens (tertiary/aromatic N) is 1. The van der Waals surface area contributed by atoms with Crippen LogP contribution < -0.4 is 20.5 Å². The maximum absolute atomic E-state index is 12.2. The van der Waals surface area contributed by atoms with E-state index in [0.717, 1.165) is 5.56 Å². The summed E-state index contributed by atoms with van der Waals surface area (Å²) >= 11 is 0. The molecule has 3 N–H and O–H groups in total. The van der Waals surface area contributed by atoms with E-state index in [-0.39, 0.29) is 24.2 Å². The molecule has 7 nitrogen and oxygen atoms in total. The number of fused-ring (bicyclic) bond motifs is 1. The topological polar surface area (TPSA) is 103 Å². The van der Waals surface area contributed by atoms with Crippen LogP contribution in [-0.4, -0.2) is 40.9 Å². The minimum atomic E-state index is -3.25. The van der Waals surface area contributed by atoms with Crippen molar-refractivity contribution in [1.29, 1.82) is 0 Å². The number of rotatable bonds is 5. The predicted molar refractivity (Wildman–Crippen MR) is 101 cm³/mol. The molecule has 8 heteroatoms. The Kier molecular flexibility index (Phi) is 5.03. The van der Waals surface area contributed by atoms with Crippen LogP contribution in [0.25, 0.3) is 0 Å². The lowest BCUT2D eigenvalue weighted by molar-refractivity contribution is 0.405. The molecule has 0 fully saturated rings. The van der Waals surface area contributed by atoms with Crippen LogP contribution in [0.4, 0.5) is 5.69 Å². The van der Waals surface area contributed by atoms with Crippen LogP contribution >= 0.6 is 0 Å². The van der Waals surface area contributed by atoms with Gasteiger partial charge in [-0.25, -0.2) is 8.42 Å². The molecule has 0 spiro atoms. The Morgan fingerprint density at radius 2 is 2.00 bits per heavy atom. The number of ether oxygens (including phenoxy) is 2. The molecule has 1 aliphatic rings. The number of sulfone groups is 1. The fourth-order valence-electron chi connectivity index (χ4n) is 2.99. The SMILES string of the molecule is COc1ccc(OC)c(NC(N)=NCC2CS(=O)(=O)c3ccccc32)c1. The molecule has 2 aromatic rings. The quantitative estimate of drug-likeness (QED) is 0.612. The summed E-state index contributed by atoms with van der Waals surface area (Å²) in [5.41, 5.74) is 7.39. The average molecular weight is 375 g/mol. The van der Waals surface area contributed by atoms with Crippen LogP contribution in [-0.2, 0) is 9.84 Å². The monoisotopic (exact) mass is 375 g/mol. The summed E-state index contributed by atoms with van der Waals surface area (Å²) in [7, 11) is -0.122. The molecule has 3 rings (SSSR count). The summed E-state index contributed by atoms with van der Waals surface area (Å²) in [6, 6.07) is 12.3. The molecule has 1 aliphatic heterocycles. The highest BCUT2D eigenvalue weighted by molar-refractivity contribution is 7.91. The van der Waals surface area contributed by atoms with Crippen LogP contribution in [0.1, 0.15) is 11.5 Å². The second-order valence-electron chi connectivity index (χ2n) is 5.93. The molecule has 1 unspecified atom stereocenters. The molecule has 0 amide bonds. The number of hydrogen-bond acceptors (Lipinski definition) is 5. The van der Waals surface area contributed by atoms with Gasteiger partial charge >= 0.3 is 0 Å². The van der Waals surface area contributed by atoms with Crippen molar-refractivity contribution >= 4 is 21.5 Å². The molecule has 138 valence electrons. The van der Waals surface area contributed by atoms with E-state index in [0.29, 0.717) is 22.1 Å². The predicted octanol–water partition coefficient (Wildman–Crippen LogP) is 2.00. The zero-order valence-corrected chi connectivity index (χ0v) is 15.4. The van der Waals surface area contributed by atoms with Gasteiger partial charge in [0.1, 0.15) is 11.5 Å². The second kappa shape index (κ2) is 7.25. The average Bonchev–Trinajstić information content (AvgIpc) is 2.91. The smallest absolute Gasteiger partial charge is 0.193 e. The lowest BCUT2D eigenvalue weighted by atomic mass is 10.0. The van der Waals surface area contributed by atoms with Crippen molar-refractivity contribution in [3.8, 4) is 11.5 Å². The van der Waals surface area contributed by atoms with E-state index >= 15 is 0 Å². The fourth-order valence-corrected chi connectivity index (χ4v) is 4.87. The van der Waals surface area contributed by atoms with E-state index in [1.54, 1.807) is 44.6 Å². The Hall–Kier alpha value is -2.74. The third-order valence-electron chi connectivity index (χ3n) is 4.27. The Morgan fingerprint density at radius 3 is 2.73 bits per heavy atom. The Balaban J connectivity index is 1.76. The van der Waals surface area contributed by atoms with Crippen LogP contribution in [0, 0.1) is 0 Å². The van der Waals surface area contributed by atoms with Gasteiger partial charge < -0.3 is 20.5 Å². The van der Waals surface area contributed by atoms with E-state index < -0.39 is 9.84 Å². The molecule has 2 aromatic carbocycles. The maximum Gasteiger partial charge on any atom is 0.193 e. The lowest BCUT2D eigenvalue weighted by Gasteiger charge is -2.13. The van der Waals surface area contributed by atoms with Crippen molar-refractivity contribution in [1.82, 2.24) is 0 Å². The zero-order chi connectivity index (χ0) is 18.7. The third-order valence-corrected chi connectivity index (χ3v) is 6.15. The van der Waals surface area contributed by atoms with Crippen LogP contribution in [0.3, 0.4) is 0 Å². The molecular formula is C18H21N3O4S. The van der Waals surface area contributed by atoms with Crippen LogP contribution in [0.2, 0.25) is 0 Å². The molecule has 0 bridgehead atoms. The zero-order valence-electron chi connectivity index (χ0n) is 14.6. The van der Waals surface area contributed by atoms with Crippen molar-refractivity contribution in [2.45, 2.75) is 10.8 Å². The molecule has 0 aromatic heterocycles. The van der Waals surface area contributed by atoms with Crippen molar-refractivity contribution in [2.24, 2.45) is 10.7 Å². The number of anilines is 1. The maximum atomic E-state index is 12.2. The van der Waals surface area contributed by atoms with Crippen molar-refractivity contribution in [3.63, 3.8) is 0 Å². The third kappa shape index (κ3) is 3.60. The molecule has 0 aliphatic carbocycles. The van der Waals surface area contributed by atoms with Crippen molar-refractivity contribution < 1.29 is 17.9 Å². The van der Waals surface area contributed by atoms with Gasteiger partial charge in [-0.2, -0.15) is 0 Å². The van der Waals surface area contributed by atoms with Crippen LogP contribution in [0.15, 0.2) is 52.4 Å². The number of nitrogens with one attached hydrogen (secondary N) is 1. The minimum absolute atomic E-state index is 0.0472. The summed E-state index contributed by atoms with van der Waals surface area (Å²) in [4.78, 5) is 4.71. The van der Waals surface area contributed by atoms with E-state index in [1.807, 2.05) is 12.1 Å². The summed E-state index contributed by atoms with van der Waals surface area (Å²) in [6.07, 6.45) is 0. The number of methoxy groups -OCH3 is 2. The molecule has 0 radical (unpaired) electrons. The van der Waals surface area contributed by atoms with Crippen LogP contribution in [0.5, 0.6) is 11.5 Å². The first kappa shape index (κ1) is 18.1. The Labute approximate surface area is 152 Å². The van der Waals surface area contributed by atoms with Gasteiger partial charge in [0.05, 0.1) is 37.1 Å². The van der Waals surface area contributed by atoms with E-state index in [2.05, 4.69) is 10.3 Å². The second-order valence-corrected chi connectivity index (χ2v) is 7.94. The first-order valence-electron chi connectivity index (χ1n) is 8.05. The summed E-state index contributed by atoms with van der Waals surface area (Å²) in [5, 5.41) is 2.98. The van der Waals surface area contributed by atoms with Gasteiger partial charge in [0.25, 0.3) is 0 Å². The molecule has 1 atom stereocenters. The number of nitrogens with two attached hydrogens (primary N) is 1. The molecule has 0 saturated heterocycles. The summed E-state index contributed by atoms with van der Waals surface area (Å²) < 4.78 is 34.9. The number of guanidine groups is 1. The molecular weight excluding hydrogens is 354 g/mol. The normalized spacial score (nSPS) is 18.2. The molecule has 1 heterocycles. The standard InChI is InChI=1S/C18H21N3O4S/c1-24-13-7-8-16(25-2)15(9-13)21-18(19)20-10-12-11-26(22,23)17-6-4-3-5-14(12)17/h3-9,12H,10-11H2,1-2H3,(H3,19,20,21). The highest BCUT2D eigenvalue weighted by atomic mass is 32.2. The number of aliphatic imine (C=N–C) groups is 1. The number of benzene rings is 2. The summed E-state index contributed by atoms with van der Waals surface area (Å²) in [6.45, 7) is 0.279. The molecule has 26 heavy (non-hydrogen) atoms. The lowest BCUT2D eigenvalue weighted by Crippen LogP contribution is -2.24. The highest BCUT2D eigenvalue weighted by Crippen LogP contribution is 2.35. The van der Waals surface area contributed by atoms with E-state index in [4.69, 9.17) is 15.2 Å². The fraction of sp³-hybridized carbons (Fsp3) is 0.278. The summed E-state index contributed by atoms with van der Waals surface area (Å²) in [5.74, 6) is 1.27. The Morgan fingerprint density at radius 1 is 1.23 bits per heavy atom. The van der Waals surface area contributed by atoms with Gasteiger partial charge in [-0.1, -0.05) is 18.2 Å². The van der Waals surface area contributed by atoms with Gasteiger partial charge in [-0.15, -0.1) is 0 Å². The first-order chi connectivity index (χ1) is 12.4. The van der Waals surface area contributed by atoms with Gasteiger partial charge in [-0.3, -0.25) is 4.99 Å². The van der Waals surface area contributed by atoms with Gasteiger partial charge in [-0.05, 0) is 23.8 Å². The highest BCUT2D eigenvalue weighted by Gasteiger charge is 2.34. The number of hydrogen-bond donors (Lipinski definition) is 2. The first-order valence-corrected chi connectivity index (χ1v) is 9.70.